The topological polar surface area (TPSA) is 46.9 Å². The Balaban J connectivity index is 1.97. The van der Waals surface area contributed by atoms with Crippen molar-refractivity contribution in [2.45, 2.75) is 38.6 Å². The Labute approximate surface area is 162 Å². The average molecular weight is 367 g/mol. The SMILES string of the molecule is C=CCN1C[C@@H](C)N(C(c2ccc(CO)cc2)c2cccc(O)c2)C[C@@H]1C. The molecule has 4 heteroatoms. The van der Waals surface area contributed by atoms with Crippen LogP contribution in [0.5, 0.6) is 5.75 Å². The van der Waals surface area contributed by atoms with Crippen LogP contribution in [0.1, 0.15) is 36.6 Å². The Morgan fingerprint density at radius 2 is 1.81 bits per heavy atom. The Kier molecular flexibility index (Phi) is 6.32. The van der Waals surface area contributed by atoms with Crippen LogP contribution in [-0.2, 0) is 6.61 Å². The Bertz CT molecular complexity index is 759. The lowest BCUT2D eigenvalue weighted by atomic mass is 9.93. The summed E-state index contributed by atoms with van der Waals surface area (Å²) in [6, 6.07) is 16.6. The largest absolute Gasteiger partial charge is 0.508 e. The monoisotopic (exact) mass is 366 g/mol. The van der Waals surface area contributed by atoms with Crippen molar-refractivity contribution in [3.05, 3.63) is 77.9 Å². The highest BCUT2D eigenvalue weighted by molar-refractivity contribution is 5.37. The van der Waals surface area contributed by atoms with Crippen molar-refractivity contribution in [1.29, 1.82) is 0 Å². The van der Waals surface area contributed by atoms with Gasteiger partial charge in [0.15, 0.2) is 0 Å². The maximum atomic E-state index is 10.0. The van der Waals surface area contributed by atoms with E-state index in [9.17, 15) is 10.2 Å². The standard InChI is InChI=1S/C23H30N2O2/c1-4-12-24-14-18(3)25(15-17(24)2)23(21-6-5-7-22(27)13-21)20-10-8-19(16-26)9-11-20/h4-11,13,17-18,23,26-27H,1,12,14-16H2,2-3H3/t17-,18+,23?/m0/s1. The molecule has 3 rings (SSSR count). The van der Waals surface area contributed by atoms with Crippen LogP contribution in [0.25, 0.3) is 0 Å². The van der Waals surface area contributed by atoms with Gasteiger partial charge in [-0.15, -0.1) is 6.58 Å². The fraction of sp³-hybridized carbons (Fsp3) is 0.391. The van der Waals surface area contributed by atoms with Crippen LogP contribution in [0, 0.1) is 0 Å². The average Bonchev–Trinajstić information content (AvgIpc) is 2.66. The molecule has 144 valence electrons. The molecule has 2 aromatic rings. The molecule has 0 amide bonds. The van der Waals surface area contributed by atoms with Crippen molar-refractivity contribution >= 4 is 0 Å². The number of phenolic OH excluding ortho intramolecular Hbond substituents is 1. The van der Waals surface area contributed by atoms with E-state index in [1.807, 2.05) is 30.3 Å². The number of phenols is 1. The lowest BCUT2D eigenvalue weighted by Crippen LogP contribution is -2.57. The zero-order valence-electron chi connectivity index (χ0n) is 16.3. The molecule has 4 nitrogen and oxygen atoms in total. The minimum atomic E-state index is 0.0464. The smallest absolute Gasteiger partial charge is 0.115 e. The van der Waals surface area contributed by atoms with Gasteiger partial charge in [0.05, 0.1) is 12.6 Å². The van der Waals surface area contributed by atoms with E-state index in [0.29, 0.717) is 12.1 Å². The first-order chi connectivity index (χ1) is 13.0. The number of aromatic hydroxyl groups is 1. The summed E-state index contributed by atoms with van der Waals surface area (Å²) in [5.74, 6) is 0.287. The summed E-state index contributed by atoms with van der Waals surface area (Å²) >= 11 is 0. The quantitative estimate of drug-likeness (QED) is 0.768. The minimum Gasteiger partial charge on any atom is -0.508 e. The Morgan fingerprint density at radius 3 is 2.44 bits per heavy atom. The summed E-state index contributed by atoms with van der Waals surface area (Å²) in [6.45, 7) is 11.3. The van der Waals surface area contributed by atoms with Crippen molar-refractivity contribution in [2.75, 3.05) is 19.6 Å². The van der Waals surface area contributed by atoms with E-state index in [1.54, 1.807) is 6.07 Å². The first-order valence-electron chi connectivity index (χ1n) is 9.62. The van der Waals surface area contributed by atoms with Crippen LogP contribution in [0.4, 0.5) is 0 Å². The second-order valence-electron chi connectivity index (χ2n) is 7.53. The van der Waals surface area contributed by atoms with Crippen LogP contribution >= 0.6 is 0 Å². The number of nitrogens with zero attached hydrogens (tertiary/aromatic N) is 2. The molecule has 1 saturated heterocycles. The Hall–Kier alpha value is -2.14. The summed E-state index contributed by atoms with van der Waals surface area (Å²) < 4.78 is 0. The molecule has 0 spiro atoms. The molecule has 1 fully saturated rings. The maximum Gasteiger partial charge on any atom is 0.115 e. The lowest BCUT2D eigenvalue weighted by Gasteiger charge is -2.47. The molecular weight excluding hydrogens is 336 g/mol. The fourth-order valence-corrected chi connectivity index (χ4v) is 4.08. The number of benzene rings is 2. The van der Waals surface area contributed by atoms with E-state index in [-0.39, 0.29) is 18.4 Å². The summed E-state index contributed by atoms with van der Waals surface area (Å²) in [4.78, 5) is 4.98. The molecule has 27 heavy (non-hydrogen) atoms. The molecule has 0 aliphatic carbocycles. The van der Waals surface area contributed by atoms with Gasteiger partial charge in [0, 0.05) is 31.7 Å². The van der Waals surface area contributed by atoms with Crippen LogP contribution in [0.15, 0.2) is 61.2 Å². The molecule has 0 bridgehead atoms. The van der Waals surface area contributed by atoms with Gasteiger partial charge in [-0.2, -0.15) is 0 Å². The van der Waals surface area contributed by atoms with E-state index in [1.165, 1.54) is 5.56 Å². The van der Waals surface area contributed by atoms with Gasteiger partial charge in [-0.05, 0) is 42.7 Å². The van der Waals surface area contributed by atoms with Crippen LogP contribution in [0.2, 0.25) is 0 Å². The number of piperazine rings is 1. The second-order valence-corrected chi connectivity index (χ2v) is 7.53. The number of aliphatic hydroxyl groups is 1. The predicted molar refractivity (Wildman–Crippen MR) is 110 cm³/mol. The number of hydrogen-bond acceptors (Lipinski definition) is 4. The lowest BCUT2D eigenvalue weighted by molar-refractivity contribution is 0.0306. The third kappa shape index (κ3) is 4.41. The van der Waals surface area contributed by atoms with Crippen LogP contribution < -0.4 is 0 Å². The van der Waals surface area contributed by atoms with Crippen molar-refractivity contribution in [3.63, 3.8) is 0 Å². The van der Waals surface area contributed by atoms with E-state index in [0.717, 1.165) is 30.8 Å². The highest BCUT2D eigenvalue weighted by Crippen LogP contribution is 2.34. The summed E-state index contributed by atoms with van der Waals surface area (Å²) in [6.07, 6.45) is 1.97. The van der Waals surface area contributed by atoms with Crippen molar-refractivity contribution < 1.29 is 10.2 Å². The van der Waals surface area contributed by atoms with Gasteiger partial charge in [-0.3, -0.25) is 9.80 Å². The molecule has 1 aliphatic rings. The molecule has 0 aromatic heterocycles. The highest BCUT2D eigenvalue weighted by Gasteiger charge is 2.34. The zero-order valence-corrected chi connectivity index (χ0v) is 16.3. The van der Waals surface area contributed by atoms with Crippen molar-refractivity contribution in [3.8, 4) is 5.75 Å². The van der Waals surface area contributed by atoms with Gasteiger partial charge >= 0.3 is 0 Å². The molecule has 0 saturated carbocycles. The number of rotatable bonds is 6. The number of aliphatic hydroxyl groups excluding tert-OH is 1. The predicted octanol–water partition coefficient (Wildman–Crippen LogP) is 3.55. The molecule has 1 aliphatic heterocycles. The van der Waals surface area contributed by atoms with Crippen LogP contribution in [-0.4, -0.2) is 51.7 Å². The molecule has 1 unspecified atom stereocenters. The van der Waals surface area contributed by atoms with E-state index in [2.05, 4.69) is 48.4 Å². The normalized spacial score (nSPS) is 22.5. The highest BCUT2D eigenvalue weighted by atomic mass is 16.3. The first kappa shape index (κ1) is 19.6. The molecule has 2 aromatic carbocycles. The first-order valence-corrected chi connectivity index (χ1v) is 9.62. The van der Waals surface area contributed by atoms with Gasteiger partial charge in [0.2, 0.25) is 0 Å². The van der Waals surface area contributed by atoms with Crippen molar-refractivity contribution in [2.24, 2.45) is 0 Å². The maximum absolute atomic E-state index is 10.0. The van der Waals surface area contributed by atoms with Gasteiger partial charge in [-0.1, -0.05) is 42.5 Å². The second kappa shape index (κ2) is 8.70. The number of hydrogen-bond donors (Lipinski definition) is 2. The summed E-state index contributed by atoms with van der Waals surface area (Å²) in [5.41, 5.74) is 3.17. The summed E-state index contributed by atoms with van der Waals surface area (Å²) in [7, 11) is 0. The molecule has 0 radical (unpaired) electrons. The Morgan fingerprint density at radius 1 is 1.07 bits per heavy atom. The summed E-state index contributed by atoms with van der Waals surface area (Å²) in [5, 5.41) is 19.4. The molecule has 2 N–H and O–H groups in total. The van der Waals surface area contributed by atoms with Gasteiger partial charge in [0.1, 0.15) is 5.75 Å². The minimum absolute atomic E-state index is 0.0464. The van der Waals surface area contributed by atoms with Crippen LogP contribution in [0.3, 0.4) is 0 Å². The molecular formula is C23H30N2O2. The van der Waals surface area contributed by atoms with Gasteiger partial charge in [-0.25, -0.2) is 0 Å². The zero-order chi connectivity index (χ0) is 19.4. The fourth-order valence-electron chi connectivity index (χ4n) is 4.08. The van der Waals surface area contributed by atoms with E-state index < -0.39 is 0 Å². The van der Waals surface area contributed by atoms with Gasteiger partial charge in [0.25, 0.3) is 0 Å². The third-order valence-corrected chi connectivity index (χ3v) is 5.52. The van der Waals surface area contributed by atoms with E-state index >= 15 is 0 Å². The van der Waals surface area contributed by atoms with E-state index in [4.69, 9.17) is 0 Å². The molecule has 1 heterocycles. The third-order valence-electron chi connectivity index (χ3n) is 5.52. The van der Waals surface area contributed by atoms with Gasteiger partial charge < -0.3 is 10.2 Å². The molecule has 3 atom stereocenters. The van der Waals surface area contributed by atoms with Crippen molar-refractivity contribution in [1.82, 2.24) is 9.80 Å².